The van der Waals surface area contributed by atoms with Crippen LogP contribution in [0.25, 0.3) is 22.1 Å². The van der Waals surface area contributed by atoms with Crippen molar-refractivity contribution >= 4 is 11.0 Å². The van der Waals surface area contributed by atoms with Gasteiger partial charge in [0, 0.05) is 10.9 Å². The van der Waals surface area contributed by atoms with Gasteiger partial charge >= 0.3 is 0 Å². The van der Waals surface area contributed by atoms with Crippen LogP contribution in [0.2, 0.25) is 0 Å². The Labute approximate surface area is 129 Å². The lowest BCUT2D eigenvalue weighted by Crippen LogP contribution is -2.10. The molecule has 0 N–H and O–H groups in total. The van der Waals surface area contributed by atoms with Gasteiger partial charge in [-0.2, -0.15) is 0 Å². The minimum atomic E-state index is 0.111. The fourth-order valence-electron chi connectivity index (χ4n) is 2.78. The summed E-state index contributed by atoms with van der Waals surface area (Å²) in [7, 11) is 0. The summed E-state index contributed by atoms with van der Waals surface area (Å²) in [5.41, 5.74) is 4.45. The molecule has 0 aliphatic carbocycles. The van der Waals surface area contributed by atoms with Crippen molar-refractivity contribution in [2.75, 3.05) is 6.79 Å². The van der Waals surface area contributed by atoms with E-state index in [4.69, 9.17) is 13.9 Å². The third-order valence-electron chi connectivity index (χ3n) is 4.13. The first kappa shape index (κ1) is 13.3. The summed E-state index contributed by atoms with van der Waals surface area (Å²) in [6.45, 7) is 6.90. The molecule has 1 aliphatic rings. The van der Waals surface area contributed by atoms with E-state index in [1.807, 2.05) is 24.5 Å². The number of furan rings is 1. The molecule has 0 saturated carbocycles. The average Bonchev–Trinajstić information content (AvgIpc) is 3.11. The molecule has 1 aromatic heterocycles. The standard InChI is InChI=1S/C19H18O3/c1-19(2,3)13-5-6-14-15(10-20-17(14)9-13)12-4-7-16-18(8-12)22-11-21-16/h4-10H,11H2,1-3H3. The molecule has 1 aliphatic heterocycles. The molecule has 3 aromatic rings. The Balaban J connectivity index is 1.83. The van der Waals surface area contributed by atoms with Gasteiger partial charge in [0.15, 0.2) is 11.5 Å². The molecule has 3 heteroatoms. The molecule has 22 heavy (non-hydrogen) atoms. The van der Waals surface area contributed by atoms with Crippen LogP contribution in [0.15, 0.2) is 47.1 Å². The minimum Gasteiger partial charge on any atom is -0.464 e. The van der Waals surface area contributed by atoms with Gasteiger partial charge in [-0.15, -0.1) is 0 Å². The normalized spacial score (nSPS) is 13.8. The van der Waals surface area contributed by atoms with Crippen LogP contribution in [0.1, 0.15) is 26.3 Å². The van der Waals surface area contributed by atoms with Crippen molar-refractivity contribution in [2.45, 2.75) is 26.2 Å². The molecule has 2 heterocycles. The quantitative estimate of drug-likeness (QED) is 0.624. The lowest BCUT2D eigenvalue weighted by molar-refractivity contribution is 0.174. The van der Waals surface area contributed by atoms with Crippen molar-refractivity contribution in [1.29, 1.82) is 0 Å². The first-order valence-electron chi connectivity index (χ1n) is 7.44. The monoisotopic (exact) mass is 294 g/mol. The van der Waals surface area contributed by atoms with Crippen LogP contribution in [-0.2, 0) is 5.41 Å². The molecule has 3 nitrogen and oxygen atoms in total. The first-order valence-corrected chi connectivity index (χ1v) is 7.44. The van der Waals surface area contributed by atoms with E-state index in [0.29, 0.717) is 6.79 Å². The smallest absolute Gasteiger partial charge is 0.231 e. The maximum atomic E-state index is 5.79. The van der Waals surface area contributed by atoms with Crippen LogP contribution >= 0.6 is 0 Å². The molecule has 0 unspecified atom stereocenters. The summed E-state index contributed by atoms with van der Waals surface area (Å²) in [5, 5.41) is 1.12. The zero-order chi connectivity index (χ0) is 15.3. The fourth-order valence-corrected chi connectivity index (χ4v) is 2.78. The maximum Gasteiger partial charge on any atom is 0.231 e. The van der Waals surface area contributed by atoms with Crippen molar-refractivity contribution in [1.82, 2.24) is 0 Å². The second-order valence-corrected chi connectivity index (χ2v) is 6.68. The summed E-state index contributed by atoms with van der Waals surface area (Å²) >= 11 is 0. The highest BCUT2D eigenvalue weighted by atomic mass is 16.7. The molecule has 0 atom stereocenters. The highest BCUT2D eigenvalue weighted by molar-refractivity contribution is 5.94. The number of benzene rings is 2. The Kier molecular flexibility index (Phi) is 2.73. The summed E-state index contributed by atoms with van der Waals surface area (Å²) in [5.74, 6) is 1.59. The third kappa shape index (κ3) is 2.05. The zero-order valence-electron chi connectivity index (χ0n) is 13.0. The molecule has 0 radical (unpaired) electrons. The predicted molar refractivity (Wildman–Crippen MR) is 86.5 cm³/mol. The SMILES string of the molecule is CC(C)(C)c1ccc2c(-c3ccc4c(c3)OCO4)coc2c1. The molecule has 112 valence electrons. The van der Waals surface area contributed by atoms with Gasteiger partial charge in [0.05, 0.1) is 6.26 Å². The number of fused-ring (bicyclic) bond motifs is 2. The van der Waals surface area contributed by atoms with Gasteiger partial charge < -0.3 is 13.9 Å². The molecule has 0 fully saturated rings. The van der Waals surface area contributed by atoms with Crippen molar-refractivity contribution < 1.29 is 13.9 Å². The number of rotatable bonds is 1. The van der Waals surface area contributed by atoms with Gasteiger partial charge in [0.25, 0.3) is 0 Å². The Morgan fingerprint density at radius 3 is 2.55 bits per heavy atom. The summed E-state index contributed by atoms with van der Waals surface area (Å²) in [4.78, 5) is 0. The Bertz CT molecular complexity index is 853. The lowest BCUT2D eigenvalue weighted by Gasteiger charge is -2.18. The van der Waals surface area contributed by atoms with Crippen LogP contribution in [0.4, 0.5) is 0 Å². The lowest BCUT2D eigenvalue weighted by atomic mass is 9.86. The molecule has 0 saturated heterocycles. The van der Waals surface area contributed by atoms with E-state index in [2.05, 4.69) is 39.0 Å². The molecule has 0 bridgehead atoms. The largest absolute Gasteiger partial charge is 0.464 e. The van der Waals surface area contributed by atoms with E-state index in [1.165, 1.54) is 5.56 Å². The second kappa shape index (κ2) is 4.54. The van der Waals surface area contributed by atoms with Gasteiger partial charge in [-0.25, -0.2) is 0 Å². The van der Waals surface area contributed by atoms with Crippen molar-refractivity contribution in [2.24, 2.45) is 0 Å². The van der Waals surface area contributed by atoms with Crippen molar-refractivity contribution in [3.63, 3.8) is 0 Å². The Morgan fingerprint density at radius 2 is 1.73 bits per heavy atom. The van der Waals surface area contributed by atoms with Gasteiger partial charge in [-0.3, -0.25) is 0 Å². The number of ether oxygens (including phenoxy) is 2. The van der Waals surface area contributed by atoms with E-state index >= 15 is 0 Å². The van der Waals surface area contributed by atoms with E-state index in [1.54, 1.807) is 0 Å². The molecular formula is C19H18O3. The van der Waals surface area contributed by atoms with E-state index in [-0.39, 0.29) is 5.41 Å². The molecule has 2 aromatic carbocycles. The molecule has 0 amide bonds. The van der Waals surface area contributed by atoms with Gasteiger partial charge in [0.1, 0.15) is 5.58 Å². The predicted octanol–water partition coefficient (Wildman–Crippen LogP) is 5.13. The van der Waals surface area contributed by atoms with Gasteiger partial charge in [0.2, 0.25) is 6.79 Å². The van der Waals surface area contributed by atoms with E-state index in [9.17, 15) is 0 Å². The van der Waals surface area contributed by atoms with Crippen LogP contribution in [0, 0.1) is 0 Å². The maximum absolute atomic E-state index is 5.79. The fraction of sp³-hybridized carbons (Fsp3) is 0.263. The van der Waals surface area contributed by atoms with Crippen molar-refractivity contribution in [3.8, 4) is 22.6 Å². The van der Waals surface area contributed by atoms with Crippen molar-refractivity contribution in [3.05, 3.63) is 48.2 Å². The Morgan fingerprint density at radius 1 is 0.909 bits per heavy atom. The third-order valence-corrected chi connectivity index (χ3v) is 4.13. The molecule has 0 spiro atoms. The summed E-state index contributed by atoms with van der Waals surface area (Å²) < 4.78 is 16.6. The minimum absolute atomic E-state index is 0.111. The van der Waals surface area contributed by atoms with Crippen LogP contribution in [0.5, 0.6) is 11.5 Å². The first-order chi connectivity index (χ1) is 10.5. The Hall–Kier alpha value is -2.42. The van der Waals surface area contributed by atoms with Crippen LogP contribution in [0.3, 0.4) is 0 Å². The van der Waals surface area contributed by atoms with E-state index < -0.39 is 0 Å². The number of hydrogen-bond acceptors (Lipinski definition) is 3. The summed E-state index contributed by atoms with van der Waals surface area (Å²) in [6.07, 6.45) is 1.81. The topological polar surface area (TPSA) is 31.6 Å². The van der Waals surface area contributed by atoms with Gasteiger partial charge in [-0.05, 0) is 34.7 Å². The van der Waals surface area contributed by atoms with Crippen LogP contribution in [-0.4, -0.2) is 6.79 Å². The van der Waals surface area contributed by atoms with E-state index in [0.717, 1.165) is 33.6 Å². The number of hydrogen-bond donors (Lipinski definition) is 0. The van der Waals surface area contributed by atoms with Gasteiger partial charge in [-0.1, -0.05) is 39.0 Å². The second-order valence-electron chi connectivity index (χ2n) is 6.68. The summed E-state index contributed by atoms with van der Waals surface area (Å²) in [6, 6.07) is 12.4. The molecule has 4 rings (SSSR count). The highest BCUT2D eigenvalue weighted by Gasteiger charge is 2.18. The highest BCUT2D eigenvalue weighted by Crippen LogP contribution is 2.39. The molecular weight excluding hydrogens is 276 g/mol. The average molecular weight is 294 g/mol. The van der Waals surface area contributed by atoms with Crippen LogP contribution < -0.4 is 9.47 Å². The zero-order valence-corrected chi connectivity index (χ0v) is 13.0.